The van der Waals surface area contributed by atoms with E-state index in [1.54, 1.807) is 13.1 Å². The Bertz CT molecular complexity index is 1450. The van der Waals surface area contributed by atoms with Crippen LogP contribution in [-0.2, 0) is 6.54 Å². The van der Waals surface area contributed by atoms with E-state index in [4.69, 9.17) is 16.2 Å². The molecule has 14 heteroatoms. The number of piperidine rings is 1. The van der Waals surface area contributed by atoms with Gasteiger partial charge in [-0.2, -0.15) is 5.10 Å². The molecule has 3 aromatic rings. The van der Waals surface area contributed by atoms with Gasteiger partial charge in [0.2, 0.25) is 0 Å². The summed E-state index contributed by atoms with van der Waals surface area (Å²) in [5.41, 5.74) is 11.2. The number of likely N-dealkylation sites (tertiary alicyclic amines) is 1. The Hall–Kier alpha value is -4.46. The summed E-state index contributed by atoms with van der Waals surface area (Å²) >= 11 is 0. The van der Waals surface area contributed by atoms with Gasteiger partial charge in [0.25, 0.3) is 17.7 Å². The van der Waals surface area contributed by atoms with Crippen molar-refractivity contribution >= 4 is 17.6 Å². The maximum Gasteiger partial charge on any atom is 0.282 e. The Labute approximate surface area is 246 Å². The van der Waals surface area contributed by atoms with Gasteiger partial charge in [-0.05, 0) is 44.7 Å². The molecule has 43 heavy (non-hydrogen) atoms. The van der Waals surface area contributed by atoms with Crippen LogP contribution >= 0.6 is 0 Å². The van der Waals surface area contributed by atoms with E-state index in [-0.39, 0.29) is 52.5 Å². The van der Waals surface area contributed by atoms with Gasteiger partial charge >= 0.3 is 0 Å². The predicted molar refractivity (Wildman–Crippen MR) is 154 cm³/mol. The number of benzene rings is 2. The first kappa shape index (κ1) is 34.7. The number of hydrogen-bond acceptors (Lipinski definition) is 6. The minimum atomic E-state index is -3.18. The van der Waals surface area contributed by atoms with Crippen molar-refractivity contribution in [2.24, 2.45) is 5.73 Å². The maximum atomic E-state index is 15.0. The lowest BCUT2D eigenvalue weighted by atomic mass is 10.0. The molecule has 1 fully saturated rings. The number of ether oxygens (including phenoxy) is 1. The molecule has 1 aromatic heterocycles. The summed E-state index contributed by atoms with van der Waals surface area (Å²) in [7, 11) is 3.39. The molecule has 9 nitrogen and oxygen atoms in total. The molecule has 0 aliphatic carbocycles. The normalized spacial score (nSPS) is 15.7. The van der Waals surface area contributed by atoms with Crippen molar-refractivity contribution in [3.63, 3.8) is 0 Å². The number of hydrogen-bond donors (Lipinski definition) is 3. The van der Waals surface area contributed by atoms with Crippen molar-refractivity contribution in [3.05, 3.63) is 77.4 Å². The zero-order chi connectivity index (χ0) is 32.5. The number of methoxy groups -OCH3 is 1. The highest BCUT2D eigenvalue weighted by Gasteiger charge is 2.46. The molecule has 0 radical (unpaired) electrons. The van der Waals surface area contributed by atoms with Crippen LogP contribution in [0.25, 0.3) is 11.3 Å². The molecule has 2 heterocycles. The van der Waals surface area contributed by atoms with E-state index < -0.39 is 42.0 Å². The number of rotatable bonds is 7. The van der Waals surface area contributed by atoms with E-state index in [1.807, 2.05) is 6.92 Å². The zero-order valence-electron chi connectivity index (χ0n) is 24.3. The third-order valence-electron chi connectivity index (χ3n) is 6.41. The molecule has 0 saturated carbocycles. The Balaban J connectivity index is 0.00000121. The molecule has 1 saturated heterocycles. The van der Waals surface area contributed by atoms with Gasteiger partial charge in [0.15, 0.2) is 0 Å². The van der Waals surface area contributed by atoms with Crippen molar-refractivity contribution in [2.45, 2.75) is 31.9 Å². The lowest BCUT2D eigenvalue weighted by Gasteiger charge is -2.36. The fourth-order valence-electron chi connectivity index (χ4n) is 4.50. The molecule has 234 valence electrons. The molecular formula is C29H35F5N6O3. The summed E-state index contributed by atoms with van der Waals surface area (Å²) in [5.74, 6) is -6.48. The van der Waals surface area contributed by atoms with Crippen LogP contribution in [0.2, 0.25) is 0 Å². The first-order chi connectivity index (χ1) is 20.3. The Morgan fingerprint density at radius 1 is 1.21 bits per heavy atom. The average Bonchev–Trinajstić information content (AvgIpc) is 3.29. The van der Waals surface area contributed by atoms with Crippen molar-refractivity contribution in [3.8, 4) is 17.0 Å². The second-order valence-electron chi connectivity index (χ2n) is 9.46. The van der Waals surface area contributed by atoms with Gasteiger partial charge < -0.3 is 26.4 Å². The molecule has 2 amide bonds. The van der Waals surface area contributed by atoms with Crippen molar-refractivity contribution in [1.29, 1.82) is 0 Å². The lowest BCUT2D eigenvalue weighted by Crippen LogP contribution is -2.48. The van der Waals surface area contributed by atoms with Crippen LogP contribution in [0.1, 0.15) is 45.7 Å². The number of nitrogens with two attached hydrogens (primary N) is 2. The third-order valence-corrected chi connectivity index (χ3v) is 6.41. The van der Waals surface area contributed by atoms with Crippen LogP contribution in [0.3, 0.4) is 0 Å². The number of halogens is 5. The number of amides is 2. The SMILES string of the molecule is C=CC.CF.COc1ccc(F)cc1C(=O)NCc1ccc(-c2nn(C3CCN(C)CC3(F)F)c(N)c2C(N)=O)cc1F. The largest absolute Gasteiger partial charge is 0.496 e. The number of carbonyl (C=O) groups is 2. The van der Waals surface area contributed by atoms with E-state index in [0.717, 1.165) is 22.9 Å². The van der Waals surface area contributed by atoms with Crippen LogP contribution in [0.15, 0.2) is 49.1 Å². The van der Waals surface area contributed by atoms with Gasteiger partial charge in [-0.25, -0.2) is 22.2 Å². The van der Waals surface area contributed by atoms with Crippen LogP contribution < -0.4 is 21.5 Å². The minimum Gasteiger partial charge on any atom is -0.496 e. The number of allylic oxidation sites excluding steroid dienone is 1. The molecular weight excluding hydrogens is 575 g/mol. The van der Waals surface area contributed by atoms with Gasteiger partial charge in [0, 0.05) is 24.2 Å². The Morgan fingerprint density at radius 3 is 2.42 bits per heavy atom. The Morgan fingerprint density at radius 2 is 1.86 bits per heavy atom. The fourth-order valence-corrected chi connectivity index (χ4v) is 4.50. The van der Waals surface area contributed by atoms with Crippen molar-refractivity contribution in [2.75, 3.05) is 40.2 Å². The third kappa shape index (κ3) is 8.09. The van der Waals surface area contributed by atoms with Gasteiger partial charge in [0.1, 0.15) is 40.5 Å². The van der Waals surface area contributed by atoms with E-state index in [1.165, 1.54) is 30.2 Å². The van der Waals surface area contributed by atoms with E-state index in [9.17, 15) is 27.2 Å². The number of carbonyl (C=O) groups excluding carboxylic acids is 2. The van der Waals surface area contributed by atoms with Gasteiger partial charge in [-0.3, -0.25) is 14.0 Å². The van der Waals surface area contributed by atoms with Gasteiger partial charge in [-0.15, -0.1) is 6.58 Å². The highest BCUT2D eigenvalue weighted by Crippen LogP contribution is 2.40. The van der Waals surface area contributed by atoms with Gasteiger partial charge in [0.05, 0.1) is 26.4 Å². The molecule has 1 aliphatic heterocycles. The maximum absolute atomic E-state index is 15.0. The molecule has 4 rings (SSSR count). The second kappa shape index (κ2) is 15.1. The first-order valence-electron chi connectivity index (χ1n) is 12.9. The monoisotopic (exact) mass is 610 g/mol. The molecule has 0 spiro atoms. The van der Waals surface area contributed by atoms with Crippen molar-refractivity contribution < 1.29 is 36.3 Å². The standard InChI is InChI=1S/C25H26F4N6O3.C3H6.CH3F/c1-34-8-7-19(25(28,29)12-34)35-22(30)20(23(31)36)21(33-35)13-3-4-14(17(27)9-13)11-32-24(37)16-10-15(26)5-6-18(16)38-2;1-3-2;1-2/h3-6,9-10,19H,7-8,11-12,30H2,1-2H3,(H2,31,36)(H,32,37);3H,1H2,2H3;1H3. The van der Waals surface area contributed by atoms with Crippen LogP contribution in [0.4, 0.5) is 27.8 Å². The number of nitrogens with zero attached hydrogens (tertiary/aromatic N) is 3. The zero-order valence-corrected chi connectivity index (χ0v) is 24.3. The molecule has 1 aliphatic rings. The Kier molecular flexibility index (Phi) is 12.2. The summed E-state index contributed by atoms with van der Waals surface area (Å²) in [6, 6.07) is 5.78. The van der Waals surface area contributed by atoms with Crippen molar-refractivity contribution in [1.82, 2.24) is 20.0 Å². The summed E-state index contributed by atoms with van der Waals surface area (Å²) in [6.07, 6.45) is 1.77. The fraction of sp³-hybridized carbons (Fsp3) is 0.345. The summed E-state index contributed by atoms with van der Waals surface area (Å²) in [5, 5.41) is 6.65. The molecule has 5 N–H and O–H groups in total. The number of alkyl halides is 3. The molecule has 0 bridgehead atoms. The van der Waals surface area contributed by atoms with Gasteiger partial charge in [-0.1, -0.05) is 18.2 Å². The highest BCUT2D eigenvalue weighted by molar-refractivity contribution is 6.03. The summed E-state index contributed by atoms with van der Waals surface area (Å²) in [4.78, 5) is 26.2. The number of nitrogen functional groups attached to an aromatic ring is 1. The average molecular weight is 611 g/mol. The number of anilines is 1. The summed E-state index contributed by atoms with van der Waals surface area (Å²) < 4.78 is 73.6. The smallest absolute Gasteiger partial charge is 0.282 e. The van der Waals surface area contributed by atoms with E-state index in [2.05, 4.69) is 17.0 Å². The van der Waals surface area contributed by atoms with E-state index >= 15 is 4.39 Å². The minimum absolute atomic E-state index is 0.0239. The number of nitrogens with one attached hydrogen (secondary N) is 1. The topological polar surface area (TPSA) is 128 Å². The quantitative estimate of drug-likeness (QED) is 0.262. The summed E-state index contributed by atoms with van der Waals surface area (Å²) in [6.45, 7) is 4.83. The van der Waals surface area contributed by atoms with E-state index in [0.29, 0.717) is 13.7 Å². The van der Waals surface area contributed by atoms with Crippen LogP contribution in [0.5, 0.6) is 5.75 Å². The van der Waals surface area contributed by atoms with Crippen LogP contribution in [-0.4, -0.2) is 66.8 Å². The van der Waals surface area contributed by atoms with Crippen LogP contribution in [0, 0.1) is 11.6 Å². The first-order valence-corrected chi connectivity index (χ1v) is 12.9. The molecule has 2 aromatic carbocycles. The molecule has 1 atom stereocenters. The molecule has 1 unspecified atom stereocenters. The predicted octanol–water partition coefficient (Wildman–Crippen LogP) is 4.74. The number of primary amides is 1. The second-order valence-corrected chi connectivity index (χ2v) is 9.46. The highest BCUT2D eigenvalue weighted by atomic mass is 19.3. The lowest BCUT2D eigenvalue weighted by molar-refractivity contribution is -0.101. The number of aromatic nitrogens is 2.